The predicted octanol–water partition coefficient (Wildman–Crippen LogP) is 6.46. The van der Waals surface area contributed by atoms with E-state index in [1.165, 1.54) is 12.5 Å². The first-order chi connectivity index (χ1) is 18.6. The van der Waals surface area contributed by atoms with Gasteiger partial charge in [0.15, 0.2) is 11.6 Å². The first-order valence-electron chi connectivity index (χ1n) is 13.1. The number of allylic oxidation sites excluding steroid dienone is 1. The second kappa shape index (κ2) is 10.9. The van der Waals surface area contributed by atoms with Crippen molar-refractivity contribution in [3.05, 3.63) is 87.7 Å². The maximum absolute atomic E-state index is 15.1. The van der Waals surface area contributed by atoms with Crippen LogP contribution in [0.25, 0.3) is 11.1 Å². The van der Waals surface area contributed by atoms with Crippen LogP contribution in [0.3, 0.4) is 0 Å². The number of phenolic OH excluding ortho intramolecular Hbond substituents is 1. The van der Waals surface area contributed by atoms with Crippen LogP contribution in [0.2, 0.25) is 5.02 Å². The molecule has 2 aliphatic heterocycles. The first kappa shape index (κ1) is 27.0. The summed E-state index contributed by atoms with van der Waals surface area (Å²) >= 11 is 6.38. The molecule has 3 atom stereocenters. The molecule has 1 unspecified atom stereocenters. The lowest BCUT2D eigenvalue weighted by molar-refractivity contribution is 0.100. The van der Waals surface area contributed by atoms with E-state index < -0.39 is 23.6 Å². The third kappa shape index (κ3) is 5.34. The Balaban J connectivity index is 1.47. The average molecular weight is 551 g/mol. The molecule has 0 aromatic heterocycles. The number of carbonyl (C=O) groups excluding carboxylic acids is 1. The zero-order valence-electron chi connectivity index (χ0n) is 22.2. The van der Waals surface area contributed by atoms with Crippen molar-refractivity contribution in [1.82, 2.24) is 4.90 Å². The lowest BCUT2D eigenvalue weighted by Gasteiger charge is -2.31. The number of hydrogen-bond acceptors (Lipinski definition) is 5. The van der Waals surface area contributed by atoms with Gasteiger partial charge in [-0.15, -0.1) is 0 Å². The number of amides is 1. The van der Waals surface area contributed by atoms with Crippen molar-refractivity contribution in [1.29, 1.82) is 0 Å². The van der Waals surface area contributed by atoms with E-state index in [4.69, 9.17) is 26.8 Å². The number of halogens is 2. The molecule has 39 heavy (non-hydrogen) atoms. The van der Waals surface area contributed by atoms with Crippen LogP contribution < -0.4 is 15.2 Å². The molecule has 1 saturated heterocycles. The highest BCUT2D eigenvalue weighted by Gasteiger charge is 2.32. The molecule has 2 aliphatic rings. The van der Waals surface area contributed by atoms with Crippen molar-refractivity contribution < 1.29 is 23.8 Å². The number of fused-ring (bicyclic) bond motifs is 1. The van der Waals surface area contributed by atoms with Crippen LogP contribution in [-0.4, -0.2) is 41.7 Å². The number of rotatable bonds is 7. The molecular weight excluding hydrogens is 519 g/mol. The number of likely N-dealkylation sites (tertiary alicyclic amines) is 1. The van der Waals surface area contributed by atoms with Crippen molar-refractivity contribution in [3.63, 3.8) is 0 Å². The fourth-order valence-electron chi connectivity index (χ4n) is 5.43. The summed E-state index contributed by atoms with van der Waals surface area (Å²) in [5.74, 6) is -0.0649. The number of carbonyl (C=O) groups is 1. The largest absolute Gasteiger partial charge is 0.505 e. The number of primary amides is 1. The van der Waals surface area contributed by atoms with Gasteiger partial charge in [0.05, 0.1) is 16.1 Å². The van der Waals surface area contributed by atoms with E-state index in [9.17, 15) is 9.90 Å². The van der Waals surface area contributed by atoms with E-state index in [2.05, 4.69) is 18.7 Å². The zero-order chi connectivity index (χ0) is 27.8. The molecule has 204 valence electrons. The van der Waals surface area contributed by atoms with Gasteiger partial charge >= 0.3 is 0 Å². The third-order valence-electron chi connectivity index (χ3n) is 7.67. The number of benzene rings is 3. The second-order valence-electron chi connectivity index (χ2n) is 10.5. The summed E-state index contributed by atoms with van der Waals surface area (Å²) in [7, 11) is 0. The number of aromatic hydroxyl groups is 1. The molecule has 0 aliphatic carbocycles. The standard InChI is InChI=1S/C31H32ClFN2O4/c1-17-12-13-35(15-17)18(2)16-38-22-7-4-20(5-8-22)30-27(21-6-9-23(31(34)37)24(32)14-21)19(3)28-26(39-30)11-10-25(36)29(28)33/h4-11,14,17-18,30,36H,12-13,15-16H2,1-3H3,(H2,34,37)/t17-,18+,30?/m1/s1. The molecule has 3 aromatic rings. The second-order valence-corrected chi connectivity index (χ2v) is 10.9. The van der Waals surface area contributed by atoms with Crippen LogP contribution in [0.15, 0.2) is 54.6 Å². The van der Waals surface area contributed by atoms with Crippen LogP contribution >= 0.6 is 11.6 Å². The molecule has 0 bridgehead atoms. The normalized spacial score (nSPS) is 19.9. The lowest BCUT2D eigenvalue weighted by Crippen LogP contribution is -2.35. The summed E-state index contributed by atoms with van der Waals surface area (Å²) in [5.41, 5.74) is 8.53. The summed E-state index contributed by atoms with van der Waals surface area (Å²) in [5, 5.41) is 10.2. The molecule has 0 radical (unpaired) electrons. The van der Waals surface area contributed by atoms with Gasteiger partial charge in [0.2, 0.25) is 5.91 Å². The van der Waals surface area contributed by atoms with E-state index in [0.717, 1.165) is 30.3 Å². The third-order valence-corrected chi connectivity index (χ3v) is 7.98. The molecule has 6 nitrogen and oxygen atoms in total. The Labute approximate surface area is 232 Å². The van der Waals surface area contributed by atoms with Crippen molar-refractivity contribution in [2.75, 3.05) is 19.7 Å². The van der Waals surface area contributed by atoms with Crippen LogP contribution in [0.4, 0.5) is 4.39 Å². The average Bonchev–Trinajstić information content (AvgIpc) is 3.35. The van der Waals surface area contributed by atoms with Gasteiger partial charge in [0.1, 0.15) is 24.2 Å². The highest BCUT2D eigenvalue weighted by molar-refractivity contribution is 6.34. The molecule has 0 spiro atoms. The number of nitrogens with two attached hydrogens (primary N) is 1. The molecule has 2 heterocycles. The van der Waals surface area contributed by atoms with Crippen molar-refractivity contribution >= 4 is 28.7 Å². The molecule has 5 rings (SSSR count). The SMILES string of the molecule is CC1=C(c2ccc(C(N)=O)c(Cl)c2)C(c2ccc(OC[C@H](C)N3CC[C@@H](C)C3)cc2)Oc2ccc(O)c(F)c21. The Morgan fingerprint density at radius 3 is 2.62 bits per heavy atom. The minimum absolute atomic E-state index is 0.182. The van der Waals surface area contributed by atoms with Crippen LogP contribution in [0.5, 0.6) is 17.2 Å². The van der Waals surface area contributed by atoms with Gasteiger partial charge in [-0.2, -0.15) is 0 Å². The highest BCUT2D eigenvalue weighted by Crippen LogP contribution is 2.49. The quantitative estimate of drug-likeness (QED) is 0.353. The van der Waals surface area contributed by atoms with Crippen LogP contribution in [0.1, 0.15) is 60.3 Å². The van der Waals surface area contributed by atoms with Gasteiger partial charge in [-0.25, -0.2) is 4.39 Å². The predicted molar refractivity (Wildman–Crippen MR) is 151 cm³/mol. The van der Waals surface area contributed by atoms with Crippen LogP contribution in [0, 0.1) is 11.7 Å². The van der Waals surface area contributed by atoms with Gasteiger partial charge in [0.25, 0.3) is 0 Å². The summed E-state index contributed by atoms with van der Waals surface area (Å²) in [6.45, 7) is 9.03. The molecule has 3 aromatic carbocycles. The molecule has 3 N–H and O–H groups in total. The number of ether oxygens (including phenoxy) is 2. The van der Waals surface area contributed by atoms with Gasteiger partial charge in [-0.1, -0.05) is 36.7 Å². The molecular formula is C31H32ClFN2O4. The Morgan fingerprint density at radius 1 is 1.23 bits per heavy atom. The topological polar surface area (TPSA) is 85.0 Å². The van der Waals surface area contributed by atoms with E-state index >= 15 is 4.39 Å². The van der Waals surface area contributed by atoms with E-state index in [1.807, 2.05) is 24.3 Å². The lowest BCUT2D eigenvalue weighted by atomic mass is 9.85. The maximum atomic E-state index is 15.1. The van der Waals surface area contributed by atoms with E-state index in [1.54, 1.807) is 31.2 Å². The van der Waals surface area contributed by atoms with Gasteiger partial charge in [-0.3, -0.25) is 9.69 Å². The molecule has 8 heteroatoms. The highest BCUT2D eigenvalue weighted by atomic mass is 35.5. The smallest absolute Gasteiger partial charge is 0.250 e. The summed E-state index contributed by atoms with van der Waals surface area (Å²) in [4.78, 5) is 14.2. The van der Waals surface area contributed by atoms with Crippen molar-refractivity contribution in [2.45, 2.75) is 39.3 Å². The Kier molecular flexibility index (Phi) is 7.56. The van der Waals surface area contributed by atoms with Gasteiger partial charge in [-0.05, 0) is 85.8 Å². The van der Waals surface area contributed by atoms with Crippen molar-refractivity contribution in [3.8, 4) is 17.2 Å². The van der Waals surface area contributed by atoms with Gasteiger partial charge in [0, 0.05) is 18.2 Å². The number of nitrogens with zero attached hydrogens (tertiary/aromatic N) is 1. The minimum atomic E-state index is -0.758. The zero-order valence-corrected chi connectivity index (χ0v) is 23.0. The number of hydrogen-bond donors (Lipinski definition) is 2. The fraction of sp³-hybridized carbons (Fsp3) is 0.323. The monoisotopic (exact) mass is 550 g/mol. The van der Waals surface area contributed by atoms with Crippen molar-refractivity contribution in [2.24, 2.45) is 11.7 Å². The summed E-state index contributed by atoms with van der Waals surface area (Å²) in [6, 6.07) is 15.7. The molecule has 1 fully saturated rings. The van der Waals surface area contributed by atoms with Crippen LogP contribution in [-0.2, 0) is 0 Å². The van der Waals surface area contributed by atoms with E-state index in [-0.39, 0.29) is 16.1 Å². The van der Waals surface area contributed by atoms with E-state index in [0.29, 0.717) is 35.1 Å². The minimum Gasteiger partial charge on any atom is -0.505 e. The Bertz CT molecular complexity index is 1440. The molecule has 1 amide bonds. The first-order valence-corrected chi connectivity index (χ1v) is 13.5. The summed E-state index contributed by atoms with van der Waals surface area (Å²) in [6.07, 6.45) is 0.620. The maximum Gasteiger partial charge on any atom is 0.250 e. The fourth-order valence-corrected chi connectivity index (χ4v) is 5.70. The van der Waals surface area contributed by atoms with Gasteiger partial charge < -0.3 is 20.3 Å². The summed E-state index contributed by atoms with van der Waals surface area (Å²) < 4.78 is 27.5. The Hall–Kier alpha value is -3.55. The number of phenols is 1. The Morgan fingerprint density at radius 2 is 1.97 bits per heavy atom. The molecule has 0 saturated carbocycles.